The van der Waals surface area contributed by atoms with E-state index >= 15 is 0 Å². The van der Waals surface area contributed by atoms with Crippen molar-refractivity contribution in [3.8, 4) is 12.3 Å². The Morgan fingerprint density at radius 2 is 2.33 bits per heavy atom. The molecule has 3 nitrogen and oxygen atoms in total. The summed E-state index contributed by atoms with van der Waals surface area (Å²) in [5.74, 6) is 2.48. The highest BCUT2D eigenvalue weighted by molar-refractivity contribution is 5.40. The molecule has 0 aliphatic rings. The van der Waals surface area contributed by atoms with E-state index in [0.717, 1.165) is 11.3 Å². The summed E-state index contributed by atoms with van der Waals surface area (Å²) in [7, 11) is 0. The molecular weight excluding hydrogens is 150 g/mol. The summed E-state index contributed by atoms with van der Waals surface area (Å²) < 4.78 is 1.73. The Labute approximate surface area is 70.1 Å². The first-order chi connectivity index (χ1) is 5.81. The lowest BCUT2D eigenvalue weighted by Crippen LogP contribution is -1.95. The third-order valence-corrected chi connectivity index (χ3v) is 1.68. The Bertz CT molecular complexity index is 462. The van der Waals surface area contributed by atoms with E-state index in [9.17, 15) is 0 Å². The van der Waals surface area contributed by atoms with E-state index in [-0.39, 0.29) is 0 Å². The fourth-order valence-electron chi connectivity index (χ4n) is 1.06. The van der Waals surface area contributed by atoms with Crippen LogP contribution in [0.5, 0.6) is 0 Å². The summed E-state index contributed by atoms with van der Waals surface area (Å²) in [6, 6.07) is 3.64. The molecule has 0 atom stereocenters. The van der Waals surface area contributed by atoms with E-state index in [1.807, 2.05) is 13.0 Å². The number of hydrogen-bond donors (Lipinski definition) is 0. The van der Waals surface area contributed by atoms with E-state index in [4.69, 9.17) is 6.42 Å². The third-order valence-electron chi connectivity index (χ3n) is 1.68. The zero-order valence-electron chi connectivity index (χ0n) is 6.65. The maximum atomic E-state index is 5.21. The van der Waals surface area contributed by atoms with Crippen LogP contribution in [0.3, 0.4) is 0 Å². The molecule has 0 unspecified atom stereocenters. The maximum absolute atomic E-state index is 5.21. The van der Waals surface area contributed by atoms with Crippen LogP contribution in [0.1, 0.15) is 11.4 Å². The molecule has 0 aromatic carbocycles. The minimum absolute atomic E-state index is 0.628. The van der Waals surface area contributed by atoms with Crippen LogP contribution in [-0.4, -0.2) is 14.6 Å². The predicted molar refractivity (Wildman–Crippen MR) is 45.7 cm³/mol. The molecule has 0 radical (unpaired) electrons. The van der Waals surface area contributed by atoms with Gasteiger partial charge in [-0.1, -0.05) is 0 Å². The fraction of sp³-hybridized carbons (Fsp3) is 0.111. The summed E-state index contributed by atoms with van der Waals surface area (Å²) in [5, 5.41) is 4.17. The van der Waals surface area contributed by atoms with Crippen LogP contribution in [0.25, 0.3) is 5.65 Å². The van der Waals surface area contributed by atoms with Gasteiger partial charge in [0, 0.05) is 0 Å². The largest absolute Gasteiger partial charge is 0.235 e. The van der Waals surface area contributed by atoms with Crippen molar-refractivity contribution >= 4 is 5.65 Å². The molecule has 2 aromatic rings. The van der Waals surface area contributed by atoms with E-state index in [0.29, 0.717) is 5.69 Å². The number of fused-ring (bicyclic) bond motifs is 1. The first-order valence-corrected chi connectivity index (χ1v) is 3.59. The Balaban J connectivity index is 2.82. The molecule has 0 saturated carbocycles. The quantitative estimate of drug-likeness (QED) is 0.534. The van der Waals surface area contributed by atoms with E-state index in [1.165, 1.54) is 0 Å². The second kappa shape index (κ2) is 2.35. The molecule has 0 spiro atoms. The molecule has 2 rings (SSSR count). The molecule has 0 aliphatic heterocycles. The average Bonchev–Trinajstić information content (AvgIpc) is 2.47. The van der Waals surface area contributed by atoms with Crippen molar-refractivity contribution in [2.24, 2.45) is 0 Å². The number of terminal acetylenes is 1. The lowest BCUT2D eigenvalue weighted by atomic mass is 10.4. The van der Waals surface area contributed by atoms with Crippen LogP contribution < -0.4 is 0 Å². The Kier molecular flexibility index (Phi) is 1.34. The second-order valence-electron chi connectivity index (χ2n) is 2.53. The molecule has 2 heterocycles. The SMILES string of the molecule is C#Cc1ccc2ncc(C)n2n1. The average molecular weight is 157 g/mol. The van der Waals surface area contributed by atoms with Crippen molar-refractivity contribution in [1.29, 1.82) is 0 Å². The molecule has 58 valence electrons. The Morgan fingerprint density at radius 3 is 3.08 bits per heavy atom. The molecule has 2 aromatic heterocycles. The van der Waals surface area contributed by atoms with Crippen molar-refractivity contribution < 1.29 is 0 Å². The Morgan fingerprint density at radius 1 is 1.50 bits per heavy atom. The van der Waals surface area contributed by atoms with Crippen LogP contribution in [0.15, 0.2) is 18.3 Å². The molecule has 0 saturated heterocycles. The van der Waals surface area contributed by atoms with Crippen LogP contribution in [0.4, 0.5) is 0 Å². The number of aryl methyl sites for hydroxylation is 1. The van der Waals surface area contributed by atoms with Gasteiger partial charge in [0.2, 0.25) is 0 Å². The van der Waals surface area contributed by atoms with E-state index in [1.54, 1.807) is 16.8 Å². The van der Waals surface area contributed by atoms with Crippen LogP contribution >= 0.6 is 0 Å². The molecule has 3 heteroatoms. The first kappa shape index (κ1) is 6.86. The van der Waals surface area contributed by atoms with Gasteiger partial charge >= 0.3 is 0 Å². The van der Waals surface area contributed by atoms with Crippen molar-refractivity contribution in [3.05, 3.63) is 29.7 Å². The minimum atomic E-state index is 0.628. The van der Waals surface area contributed by atoms with Gasteiger partial charge in [0.05, 0.1) is 11.9 Å². The zero-order valence-corrected chi connectivity index (χ0v) is 6.65. The van der Waals surface area contributed by atoms with Gasteiger partial charge in [-0.3, -0.25) is 0 Å². The topological polar surface area (TPSA) is 30.2 Å². The van der Waals surface area contributed by atoms with Gasteiger partial charge in [0.1, 0.15) is 5.69 Å². The summed E-state index contributed by atoms with van der Waals surface area (Å²) in [4.78, 5) is 4.13. The standard InChI is InChI=1S/C9H7N3/c1-3-8-4-5-9-10-6-7(2)12(9)11-8/h1,4-6H,2H3. The number of imidazole rings is 1. The van der Waals surface area contributed by atoms with Gasteiger partial charge in [-0.15, -0.1) is 6.42 Å². The Hall–Kier alpha value is -1.82. The fourth-order valence-corrected chi connectivity index (χ4v) is 1.06. The zero-order chi connectivity index (χ0) is 8.55. The van der Waals surface area contributed by atoms with Gasteiger partial charge < -0.3 is 0 Å². The van der Waals surface area contributed by atoms with Crippen molar-refractivity contribution in [3.63, 3.8) is 0 Å². The van der Waals surface area contributed by atoms with E-state index in [2.05, 4.69) is 16.0 Å². The van der Waals surface area contributed by atoms with E-state index < -0.39 is 0 Å². The summed E-state index contributed by atoms with van der Waals surface area (Å²) >= 11 is 0. The first-order valence-electron chi connectivity index (χ1n) is 3.59. The van der Waals surface area contributed by atoms with Gasteiger partial charge in [-0.2, -0.15) is 5.10 Å². The molecule has 0 N–H and O–H groups in total. The highest BCUT2D eigenvalue weighted by Gasteiger charge is 1.98. The molecule has 0 aliphatic carbocycles. The van der Waals surface area contributed by atoms with Crippen LogP contribution in [0, 0.1) is 19.3 Å². The molecule has 0 bridgehead atoms. The van der Waals surface area contributed by atoms with Gasteiger partial charge in [0.15, 0.2) is 5.65 Å². The summed E-state index contributed by atoms with van der Waals surface area (Å²) in [6.45, 7) is 1.94. The highest BCUT2D eigenvalue weighted by Crippen LogP contribution is 2.03. The predicted octanol–water partition coefficient (Wildman–Crippen LogP) is 1.02. The lowest BCUT2D eigenvalue weighted by Gasteiger charge is -1.94. The highest BCUT2D eigenvalue weighted by atomic mass is 15.3. The van der Waals surface area contributed by atoms with Crippen LogP contribution in [-0.2, 0) is 0 Å². The van der Waals surface area contributed by atoms with Crippen molar-refractivity contribution in [2.75, 3.05) is 0 Å². The van der Waals surface area contributed by atoms with Gasteiger partial charge in [-0.25, -0.2) is 9.50 Å². The second-order valence-corrected chi connectivity index (χ2v) is 2.53. The van der Waals surface area contributed by atoms with Gasteiger partial charge in [0.25, 0.3) is 0 Å². The maximum Gasteiger partial charge on any atom is 0.153 e. The monoisotopic (exact) mass is 157 g/mol. The van der Waals surface area contributed by atoms with Crippen molar-refractivity contribution in [2.45, 2.75) is 6.92 Å². The number of rotatable bonds is 0. The number of nitrogens with zero attached hydrogens (tertiary/aromatic N) is 3. The molecular formula is C9H7N3. The smallest absolute Gasteiger partial charge is 0.153 e. The summed E-state index contributed by atoms with van der Waals surface area (Å²) in [6.07, 6.45) is 6.98. The molecule has 12 heavy (non-hydrogen) atoms. The van der Waals surface area contributed by atoms with Crippen molar-refractivity contribution in [1.82, 2.24) is 14.6 Å². The third kappa shape index (κ3) is 0.857. The molecule has 0 fully saturated rings. The van der Waals surface area contributed by atoms with Gasteiger partial charge in [-0.05, 0) is 25.0 Å². The van der Waals surface area contributed by atoms with Crippen LogP contribution in [0.2, 0.25) is 0 Å². The number of hydrogen-bond acceptors (Lipinski definition) is 2. The number of aromatic nitrogens is 3. The lowest BCUT2D eigenvalue weighted by molar-refractivity contribution is 0.889. The summed E-state index contributed by atoms with van der Waals surface area (Å²) in [5.41, 5.74) is 2.44. The molecule has 0 amide bonds. The minimum Gasteiger partial charge on any atom is -0.235 e. The normalized spacial score (nSPS) is 10.0.